The predicted molar refractivity (Wildman–Crippen MR) is 122 cm³/mol. The normalized spacial score (nSPS) is 9.93. The van der Waals surface area contributed by atoms with Crippen molar-refractivity contribution in [1.29, 1.82) is 0 Å². The number of benzene rings is 4. The van der Waals surface area contributed by atoms with Gasteiger partial charge >= 0.3 is 0 Å². The molecule has 0 aliphatic rings. The Morgan fingerprint density at radius 2 is 0.900 bits per heavy atom. The summed E-state index contributed by atoms with van der Waals surface area (Å²) in [5, 5.41) is 0. The van der Waals surface area contributed by atoms with E-state index >= 15 is 0 Å². The molecule has 30 heavy (non-hydrogen) atoms. The lowest BCUT2D eigenvalue weighted by atomic mass is 9.98. The topological polar surface area (TPSA) is 34.1 Å². The van der Waals surface area contributed by atoms with Crippen LogP contribution in [-0.4, -0.2) is 11.6 Å². The van der Waals surface area contributed by atoms with E-state index in [4.69, 9.17) is 0 Å². The van der Waals surface area contributed by atoms with Gasteiger partial charge in [0, 0.05) is 22.3 Å². The lowest BCUT2D eigenvalue weighted by molar-refractivity contribution is 0.103. The van der Waals surface area contributed by atoms with Crippen molar-refractivity contribution in [3.8, 4) is 0 Å². The van der Waals surface area contributed by atoms with Gasteiger partial charge in [0.15, 0.2) is 11.6 Å². The zero-order valence-electron chi connectivity index (χ0n) is 17.2. The molecule has 0 saturated heterocycles. The van der Waals surface area contributed by atoms with E-state index in [1.807, 2.05) is 123 Å². The quantitative estimate of drug-likeness (QED) is 0.374. The minimum absolute atomic E-state index is 0.0752. The van der Waals surface area contributed by atoms with Crippen LogP contribution in [0.3, 0.4) is 0 Å². The van der Waals surface area contributed by atoms with Crippen LogP contribution in [0.1, 0.15) is 43.0 Å². The van der Waals surface area contributed by atoms with Gasteiger partial charge in [-0.15, -0.1) is 0 Å². The van der Waals surface area contributed by atoms with Crippen molar-refractivity contribution in [3.05, 3.63) is 143 Å². The number of ketones is 2. The molecule has 4 rings (SSSR count). The maximum atomic E-state index is 12.2. The van der Waals surface area contributed by atoms with E-state index in [2.05, 4.69) is 0 Å². The fourth-order valence-electron chi connectivity index (χ4n) is 3.16. The number of carbonyl (C=O) groups excluding carboxylic acids is 2. The molecule has 0 saturated carbocycles. The number of hydrogen-bond acceptors (Lipinski definition) is 2. The maximum absolute atomic E-state index is 12.2. The van der Waals surface area contributed by atoms with E-state index in [1.165, 1.54) is 5.56 Å². The minimum atomic E-state index is 0.0752. The number of rotatable bonds is 4. The van der Waals surface area contributed by atoms with Gasteiger partial charge < -0.3 is 0 Å². The van der Waals surface area contributed by atoms with Crippen LogP contribution in [0.5, 0.6) is 0 Å². The van der Waals surface area contributed by atoms with Crippen molar-refractivity contribution in [3.63, 3.8) is 0 Å². The molecule has 4 aromatic rings. The first-order chi connectivity index (χ1) is 14.6. The summed E-state index contributed by atoms with van der Waals surface area (Å²) in [6.07, 6.45) is 0. The highest BCUT2D eigenvalue weighted by molar-refractivity contribution is 6.10. The first kappa shape index (κ1) is 20.9. The Labute approximate surface area is 177 Å². The Kier molecular flexibility index (Phi) is 7.07. The summed E-state index contributed by atoms with van der Waals surface area (Å²) >= 11 is 0. The summed E-state index contributed by atoms with van der Waals surface area (Å²) in [5.74, 6) is 0.171. The third-order valence-corrected chi connectivity index (χ3v) is 4.73. The van der Waals surface area contributed by atoms with Gasteiger partial charge in [-0.3, -0.25) is 9.59 Å². The standard InChI is InChI=1S/C15H14O.C13H10O/c1-11-8-9-14(12(2)10-11)15(16)13-6-4-3-5-7-13;14-13(11-7-3-1-4-8-11)12-9-5-2-6-10-12/h3-10H,1-2H3;1-10H. The summed E-state index contributed by atoms with van der Waals surface area (Å²) in [5.41, 5.74) is 5.22. The van der Waals surface area contributed by atoms with E-state index in [9.17, 15) is 9.59 Å². The molecule has 2 nitrogen and oxygen atoms in total. The first-order valence-electron chi connectivity index (χ1n) is 9.88. The van der Waals surface area contributed by atoms with Gasteiger partial charge in [-0.05, 0) is 19.4 Å². The fraction of sp³-hybridized carbons (Fsp3) is 0.0714. The Morgan fingerprint density at radius 3 is 1.30 bits per heavy atom. The van der Waals surface area contributed by atoms with Crippen LogP contribution < -0.4 is 0 Å². The molecule has 0 N–H and O–H groups in total. The third-order valence-electron chi connectivity index (χ3n) is 4.73. The molecular weight excluding hydrogens is 368 g/mol. The van der Waals surface area contributed by atoms with Crippen LogP contribution in [0.25, 0.3) is 0 Å². The summed E-state index contributed by atoms with van der Waals surface area (Å²) in [6.45, 7) is 4.01. The molecule has 0 fully saturated rings. The molecule has 148 valence electrons. The number of carbonyl (C=O) groups is 2. The molecule has 0 aliphatic carbocycles. The zero-order chi connectivity index (χ0) is 21.3. The summed E-state index contributed by atoms with van der Waals surface area (Å²) in [7, 11) is 0. The zero-order valence-corrected chi connectivity index (χ0v) is 17.2. The predicted octanol–water partition coefficient (Wildman–Crippen LogP) is 6.45. The fourth-order valence-corrected chi connectivity index (χ4v) is 3.16. The van der Waals surface area contributed by atoms with Crippen molar-refractivity contribution < 1.29 is 9.59 Å². The van der Waals surface area contributed by atoms with Crippen LogP contribution in [-0.2, 0) is 0 Å². The molecule has 2 heteroatoms. The van der Waals surface area contributed by atoms with Gasteiger partial charge in [0.1, 0.15) is 0 Å². The van der Waals surface area contributed by atoms with Crippen molar-refractivity contribution in [2.45, 2.75) is 13.8 Å². The monoisotopic (exact) mass is 392 g/mol. The lowest BCUT2D eigenvalue weighted by Crippen LogP contribution is -2.03. The average molecular weight is 392 g/mol. The molecule has 4 aromatic carbocycles. The second-order valence-electron chi connectivity index (χ2n) is 7.07. The molecule has 0 unspecified atom stereocenters. The third kappa shape index (κ3) is 5.39. The van der Waals surface area contributed by atoms with Crippen molar-refractivity contribution in [2.24, 2.45) is 0 Å². The van der Waals surface area contributed by atoms with Gasteiger partial charge in [0.2, 0.25) is 0 Å². The summed E-state index contributed by atoms with van der Waals surface area (Å²) < 4.78 is 0. The number of hydrogen-bond donors (Lipinski definition) is 0. The minimum Gasteiger partial charge on any atom is -0.289 e. The average Bonchev–Trinajstić information content (AvgIpc) is 2.80. The molecule has 0 spiro atoms. The van der Waals surface area contributed by atoms with E-state index in [0.717, 1.165) is 27.8 Å². The van der Waals surface area contributed by atoms with Crippen LogP contribution in [0.15, 0.2) is 109 Å². The highest BCUT2D eigenvalue weighted by atomic mass is 16.1. The van der Waals surface area contributed by atoms with Gasteiger partial charge in [0.25, 0.3) is 0 Å². The Morgan fingerprint density at radius 1 is 0.500 bits per heavy atom. The van der Waals surface area contributed by atoms with E-state index in [-0.39, 0.29) is 11.6 Å². The molecule has 0 aromatic heterocycles. The SMILES string of the molecule is Cc1ccc(C(=O)c2ccccc2)c(C)c1.O=C(c1ccccc1)c1ccccc1. The van der Waals surface area contributed by atoms with Crippen LogP contribution >= 0.6 is 0 Å². The van der Waals surface area contributed by atoms with Crippen LogP contribution in [0, 0.1) is 13.8 Å². The molecular formula is C28H24O2. The van der Waals surface area contributed by atoms with Crippen molar-refractivity contribution >= 4 is 11.6 Å². The molecule has 0 heterocycles. The molecule has 0 aliphatic heterocycles. The second kappa shape index (κ2) is 10.1. The first-order valence-corrected chi connectivity index (χ1v) is 9.88. The largest absolute Gasteiger partial charge is 0.289 e. The van der Waals surface area contributed by atoms with Gasteiger partial charge in [-0.1, -0.05) is 115 Å². The highest BCUT2D eigenvalue weighted by Gasteiger charge is 2.10. The van der Waals surface area contributed by atoms with Gasteiger partial charge in [0.05, 0.1) is 0 Å². The molecule has 0 radical (unpaired) electrons. The second-order valence-corrected chi connectivity index (χ2v) is 7.07. The van der Waals surface area contributed by atoms with E-state index in [1.54, 1.807) is 0 Å². The molecule has 0 bridgehead atoms. The maximum Gasteiger partial charge on any atom is 0.193 e. The molecule has 0 atom stereocenters. The Hall–Kier alpha value is -3.78. The van der Waals surface area contributed by atoms with Gasteiger partial charge in [-0.25, -0.2) is 0 Å². The molecule has 0 amide bonds. The van der Waals surface area contributed by atoms with E-state index in [0.29, 0.717) is 0 Å². The lowest BCUT2D eigenvalue weighted by Gasteiger charge is -2.05. The van der Waals surface area contributed by atoms with Gasteiger partial charge in [-0.2, -0.15) is 0 Å². The van der Waals surface area contributed by atoms with Crippen LogP contribution in [0.4, 0.5) is 0 Å². The smallest absolute Gasteiger partial charge is 0.193 e. The van der Waals surface area contributed by atoms with E-state index < -0.39 is 0 Å². The summed E-state index contributed by atoms with van der Waals surface area (Å²) in [6, 6.07) is 33.9. The summed E-state index contributed by atoms with van der Waals surface area (Å²) in [4.78, 5) is 24.0. The van der Waals surface area contributed by atoms with Crippen molar-refractivity contribution in [1.82, 2.24) is 0 Å². The van der Waals surface area contributed by atoms with Crippen LogP contribution in [0.2, 0.25) is 0 Å². The Balaban J connectivity index is 0.000000172. The van der Waals surface area contributed by atoms with Crippen molar-refractivity contribution in [2.75, 3.05) is 0 Å². The highest BCUT2D eigenvalue weighted by Crippen LogP contribution is 2.15. The number of aryl methyl sites for hydroxylation is 2. The Bertz CT molecular complexity index is 1070.